The summed E-state index contributed by atoms with van der Waals surface area (Å²) in [5.41, 5.74) is 0. The van der Waals surface area contributed by atoms with Crippen molar-refractivity contribution in [2.24, 2.45) is 0 Å². The van der Waals surface area contributed by atoms with Crippen molar-refractivity contribution in [1.29, 1.82) is 0 Å². The Labute approximate surface area is 96.0 Å². The van der Waals surface area contributed by atoms with Gasteiger partial charge in [-0.15, -0.1) is 0 Å². The first-order chi connectivity index (χ1) is 4.00. The summed E-state index contributed by atoms with van der Waals surface area (Å²) in [4.78, 5) is 0. The van der Waals surface area contributed by atoms with E-state index < -0.39 is 40.1 Å². The Kier molecular flexibility index (Phi) is 12.7. The summed E-state index contributed by atoms with van der Waals surface area (Å²) in [6.45, 7) is 0. The molecule has 0 aliphatic heterocycles. The molecule has 0 atom stereocenters. The van der Waals surface area contributed by atoms with Crippen LogP contribution >= 0.6 is 0 Å². The predicted octanol–water partition coefficient (Wildman–Crippen LogP) is -8.13. The molecule has 0 aliphatic rings. The summed E-state index contributed by atoms with van der Waals surface area (Å²) in [5.74, 6) is 0. The smallest absolute Gasteiger partial charge is 6.00 e. The van der Waals surface area contributed by atoms with Crippen LogP contribution in [-0.4, -0.2) is 40.1 Å². The van der Waals surface area contributed by atoms with E-state index in [-0.39, 0.29) is 31.1 Å². The summed E-state index contributed by atoms with van der Waals surface area (Å²) >= 11 is -12.2. The van der Waals surface area contributed by atoms with Gasteiger partial charge in [-0.2, -0.15) is 0 Å². The van der Waals surface area contributed by atoms with Crippen LogP contribution in [0.25, 0.3) is 0 Å². The van der Waals surface area contributed by atoms with Gasteiger partial charge >= 0.3 is 97.6 Å². The molecule has 0 amide bonds. The molecule has 62 valence electrons. The monoisotopic (exact) mass is 608 g/mol. The average Bonchev–Trinajstić information content (AvgIpc) is 1.12. The van der Waals surface area contributed by atoms with Gasteiger partial charge in [0.2, 0.25) is 0 Å². The van der Waals surface area contributed by atoms with Gasteiger partial charge in [0.05, 0.1) is 0 Å². The van der Waals surface area contributed by atoms with Crippen LogP contribution in [0.15, 0.2) is 0 Å². The van der Waals surface area contributed by atoms with Gasteiger partial charge in [-0.05, 0) is 0 Å². The number of hydrogen-bond donors (Lipinski definition) is 0. The van der Waals surface area contributed by atoms with Crippen LogP contribution in [0.1, 0.15) is 0 Å². The number of hydrogen-bond acceptors (Lipinski definition) is 8. The van der Waals surface area contributed by atoms with Gasteiger partial charge in [-0.25, -0.2) is 0 Å². The Bertz CT molecular complexity index is 124. The van der Waals surface area contributed by atoms with E-state index >= 15 is 0 Å². The molecule has 0 rings (SSSR count). The van der Waals surface area contributed by atoms with Gasteiger partial charge < -0.3 is 0 Å². The third-order valence-corrected chi connectivity index (χ3v) is 0. The van der Waals surface area contributed by atoms with Gasteiger partial charge in [0.1, 0.15) is 0 Å². The molecular formula is O8Sb2U. The minimum Gasteiger partial charge on any atom is 6.00 e. The molecule has 0 aromatic rings. The van der Waals surface area contributed by atoms with E-state index in [0.29, 0.717) is 0 Å². The van der Waals surface area contributed by atoms with Crippen LogP contribution in [0.4, 0.5) is 0 Å². The minimum absolute atomic E-state index is 0. The molecule has 0 bridgehead atoms. The molecule has 0 aliphatic carbocycles. The second-order valence-corrected chi connectivity index (χ2v) is 6.00. The van der Waals surface area contributed by atoms with Crippen LogP contribution in [0.5, 0.6) is 0 Å². The van der Waals surface area contributed by atoms with Crippen molar-refractivity contribution in [2.45, 2.75) is 0 Å². The molecule has 0 N–H and O–H groups in total. The molecule has 0 heterocycles. The van der Waals surface area contributed by atoms with E-state index in [9.17, 15) is 0 Å². The minimum atomic E-state index is -6.10. The molecular weight excluding hydrogens is 610 g/mol. The zero-order valence-corrected chi connectivity index (χ0v) is 13.9. The van der Waals surface area contributed by atoms with Gasteiger partial charge in [0.15, 0.2) is 0 Å². The van der Waals surface area contributed by atoms with Crippen LogP contribution in [0.3, 0.4) is 0 Å². The zero-order valence-electron chi connectivity index (χ0n) is 4.66. The summed E-state index contributed by atoms with van der Waals surface area (Å²) in [5, 5.41) is 0. The Morgan fingerprint density at radius 3 is 0.636 bits per heavy atom. The first-order valence-corrected chi connectivity index (χ1v) is 9.80. The Morgan fingerprint density at radius 1 is 0.636 bits per heavy atom. The zero-order chi connectivity index (χ0) is 9.00. The van der Waals surface area contributed by atoms with Gasteiger partial charge in [-0.3, -0.25) is 0 Å². The second kappa shape index (κ2) is 7.45. The molecule has 0 unspecified atom stereocenters. The first kappa shape index (κ1) is 18.8. The van der Waals surface area contributed by atoms with E-state index in [1.165, 1.54) is 0 Å². The van der Waals surface area contributed by atoms with Crippen molar-refractivity contribution < 1.29 is 57.5 Å². The Balaban J connectivity index is -0.000000107. The Morgan fingerprint density at radius 2 is 0.636 bits per heavy atom. The molecule has 11 heteroatoms. The van der Waals surface area contributed by atoms with Crippen LogP contribution in [0, 0.1) is 31.1 Å². The average molecular weight is 610 g/mol. The van der Waals surface area contributed by atoms with E-state index in [1.807, 2.05) is 0 Å². The third-order valence-electron chi connectivity index (χ3n) is 0. The number of rotatable bonds is 0. The molecule has 11 heavy (non-hydrogen) atoms. The van der Waals surface area contributed by atoms with Crippen molar-refractivity contribution in [3.63, 3.8) is 0 Å². The van der Waals surface area contributed by atoms with Gasteiger partial charge in [0, 0.05) is 0 Å². The van der Waals surface area contributed by atoms with Gasteiger partial charge in [-0.1, -0.05) is 0 Å². The summed E-state index contributed by atoms with van der Waals surface area (Å²) < 4.78 is 69.1. The van der Waals surface area contributed by atoms with Crippen molar-refractivity contribution >= 4 is 40.1 Å². The fourth-order valence-electron chi connectivity index (χ4n) is 0. The fraction of sp³-hybridized carbons (Fsp3) is 0. The summed E-state index contributed by atoms with van der Waals surface area (Å²) in [7, 11) is 0. The molecule has 0 saturated carbocycles. The fourth-order valence-corrected chi connectivity index (χ4v) is 0. The predicted molar refractivity (Wildman–Crippen MR) is 12.9 cm³/mol. The van der Waals surface area contributed by atoms with Gasteiger partial charge in [0.25, 0.3) is 0 Å². The quantitative estimate of drug-likeness (QED) is 0.244. The van der Waals surface area contributed by atoms with E-state index in [1.54, 1.807) is 0 Å². The van der Waals surface area contributed by atoms with Crippen molar-refractivity contribution in [2.75, 3.05) is 0 Å². The maximum Gasteiger partial charge on any atom is 6.00 e. The Hall–Kier alpha value is 2.05. The third kappa shape index (κ3) is 290. The van der Waals surface area contributed by atoms with Crippen LogP contribution < -0.4 is 20.3 Å². The SMILES string of the molecule is [O]=[Sb]([O-])([O-])[O-].[O]=[Sb]([O-])([O-])[O-].[U+6]. The molecule has 8 nitrogen and oxygen atoms in total. The molecule has 0 aromatic carbocycles. The van der Waals surface area contributed by atoms with Crippen molar-refractivity contribution in [3.05, 3.63) is 0 Å². The van der Waals surface area contributed by atoms with Crippen LogP contribution in [0.2, 0.25) is 0 Å². The van der Waals surface area contributed by atoms with Crippen molar-refractivity contribution in [1.82, 2.24) is 0 Å². The normalized spacial score (nSPS) is 10.7. The molecule has 0 aromatic heterocycles. The molecule has 0 saturated heterocycles. The maximum atomic E-state index is 8.64. The standard InChI is InChI=1S/8O.2Sb.U/q;;6*-1;;;+6. The second-order valence-electron chi connectivity index (χ2n) is 0.894. The summed E-state index contributed by atoms with van der Waals surface area (Å²) in [6, 6.07) is 0. The van der Waals surface area contributed by atoms with E-state index in [4.69, 9.17) is 26.3 Å². The van der Waals surface area contributed by atoms with E-state index in [2.05, 4.69) is 0 Å². The van der Waals surface area contributed by atoms with Crippen molar-refractivity contribution in [3.8, 4) is 0 Å². The first-order valence-electron chi connectivity index (χ1n) is 1.46. The molecule has 0 radical (unpaired) electrons. The molecule has 0 fully saturated rings. The van der Waals surface area contributed by atoms with Crippen LogP contribution in [-0.2, 0) is 6.03 Å². The topological polar surface area (TPSA) is 172 Å². The van der Waals surface area contributed by atoms with E-state index in [0.717, 1.165) is 0 Å². The summed E-state index contributed by atoms with van der Waals surface area (Å²) in [6.07, 6.45) is 0. The largest absolute Gasteiger partial charge is 6.00 e. The maximum absolute atomic E-state index is 8.64. The molecule has 0 spiro atoms.